The first-order valence-electron chi connectivity index (χ1n) is 8.24. The summed E-state index contributed by atoms with van der Waals surface area (Å²) in [6.45, 7) is 3.87. The average Bonchev–Trinajstić information content (AvgIpc) is 3.35. The molecule has 0 aliphatic carbocycles. The number of aliphatic imine (C=N–C) groups is 2. The molecule has 134 valence electrons. The molecule has 8 heteroatoms. The molecule has 3 aromatic rings. The molecular weight excluding hydrogens is 362 g/mol. The molecule has 0 saturated carbocycles. The number of rotatable bonds is 3. The number of aryl methyl sites for hydroxylation is 2. The maximum absolute atomic E-state index is 10.9. The molecule has 0 saturated heterocycles. The zero-order valence-electron chi connectivity index (χ0n) is 14.7. The van der Waals surface area contributed by atoms with Gasteiger partial charge < -0.3 is 0 Å². The number of hydrogen-bond acceptors (Lipinski definition) is 6. The lowest BCUT2D eigenvalue weighted by Gasteiger charge is -2.01. The average molecular weight is 377 g/mol. The zero-order chi connectivity index (χ0) is 19.0. The second-order valence-corrected chi connectivity index (χ2v) is 7.13. The number of nitro groups is 1. The summed E-state index contributed by atoms with van der Waals surface area (Å²) in [6.07, 6.45) is 1.82. The van der Waals surface area contributed by atoms with Crippen LogP contribution >= 0.6 is 11.3 Å². The summed E-state index contributed by atoms with van der Waals surface area (Å²) in [5.74, 6) is 0.483. The van der Waals surface area contributed by atoms with Crippen molar-refractivity contribution in [3.8, 4) is 0 Å². The van der Waals surface area contributed by atoms with Crippen LogP contribution in [0.2, 0.25) is 0 Å². The van der Waals surface area contributed by atoms with Gasteiger partial charge in [-0.05, 0) is 32.1 Å². The van der Waals surface area contributed by atoms with Gasteiger partial charge in [-0.15, -0.1) is 0 Å². The SMILES string of the molecule is Cc1cc(C)n(C2=NC(=Cc3ccc([N+](=O)[O-])s3)C(c3ccccc3)=N2)n1. The molecule has 0 bridgehead atoms. The van der Waals surface area contributed by atoms with Crippen LogP contribution in [0.25, 0.3) is 6.08 Å². The maximum Gasteiger partial charge on any atom is 0.324 e. The largest absolute Gasteiger partial charge is 0.324 e. The fraction of sp³-hybridized carbons (Fsp3) is 0.105. The van der Waals surface area contributed by atoms with E-state index in [9.17, 15) is 10.1 Å². The monoisotopic (exact) mass is 377 g/mol. The van der Waals surface area contributed by atoms with Gasteiger partial charge in [-0.2, -0.15) is 5.10 Å². The Morgan fingerprint density at radius 1 is 1.11 bits per heavy atom. The van der Waals surface area contributed by atoms with E-state index in [4.69, 9.17) is 4.99 Å². The molecule has 2 aromatic heterocycles. The predicted octanol–water partition coefficient (Wildman–Crippen LogP) is 4.22. The highest BCUT2D eigenvalue weighted by atomic mass is 32.1. The van der Waals surface area contributed by atoms with Gasteiger partial charge in [0.25, 0.3) is 5.96 Å². The zero-order valence-corrected chi connectivity index (χ0v) is 15.5. The molecule has 1 aromatic carbocycles. The van der Waals surface area contributed by atoms with E-state index in [1.54, 1.807) is 10.7 Å². The van der Waals surface area contributed by atoms with Gasteiger partial charge in [0.2, 0.25) is 0 Å². The molecular formula is C19H15N5O2S. The van der Waals surface area contributed by atoms with E-state index in [0.29, 0.717) is 17.4 Å². The van der Waals surface area contributed by atoms with Crippen LogP contribution < -0.4 is 0 Å². The Morgan fingerprint density at radius 3 is 2.52 bits per heavy atom. The third-order valence-corrected chi connectivity index (χ3v) is 4.98. The summed E-state index contributed by atoms with van der Waals surface area (Å²) in [6, 6.07) is 14.9. The van der Waals surface area contributed by atoms with E-state index in [2.05, 4.69) is 10.1 Å². The van der Waals surface area contributed by atoms with Crippen molar-refractivity contribution < 1.29 is 4.92 Å². The molecule has 0 atom stereocenters. The molecule has 1 aliphatic heterocycles. The summed E-state index contributed by atoms with van der Waals surface area (Å²) < 4.78 is 1.70. The van der Waals surface area contributed by atoms with E-state index in [-0.39, 0.29) is 5.00 Å². The first-order valence-corrected chi connectivity index (χ1v) is 9.05. The van der Waals surface area contributed by atoms with Crippen LogP contribution in [-0.4, -0.2) is 26.4 Å². The highest BCUT2D eigenvalue weighted by Gasteiger charge is 2.21. The molecule has 27 heavy (non-hydrogen) atoms. The standard InChI is InChI=1S/C19H15N5O2S/c1-12-10-13(2)23(22-12)19-20-16(11-15-8-9-17(27-15)24(25)26)18(21-19)14-6-4-3-5-7-14/h3-11H,1-2H3. The number of benzene rings is 1. The molecule has 1 aliphatic rings. The van der Waals surface area contributed by atoms with Crippen molar-refractivity contribution in [2.75, 3.05) is 0 Å². The highest BCUT2D eigenvalue weighted by Crippen LogP contribution is 2.28. The van der Waals surface area contributed by atoms with Gasteiger partial charge in [0, 0.05) is 22.2 Å². The molecule has 7 nitrogen and oxygen atoms in total. The van der Waals surface area contributed by atoms with Gasteiger partial charge in [0.05, 0.1) is 16.3 Å². The first-order chi connectivity index (χ1) is 13.0. The molecule has 0 spiro atoms. The Kier molecular flexibility index (Phi) is 4.25. The van der Waals surface area contributed by atoms with Gasteiger partial charge in [0.15, 0.2) is 0 Å². The summed E-state index contributed by atoms with van der Waals surface area (Å²) in [5, 5.41) is 15.5. The number of thiophene rings is 1. The second-order valence-electron chi connectivity index (χ2n) is 6.04. The smallest absolute Gasteiger partial charge is 0.258 e. The highest BCUT2D eigenvalue weighted by molar-refractivity contribution is 7.16. The number of aromatic nitrogens is 2. The van der Waals surface area contributed by atoms with Crippen molar-refractivity contribution in [2.24, 2.45) is 9.98 Å². The lowest BCUT2D eigenvalue weighted by molar-refractivity contribution is -0.380. The summed E-state index contributed by atoms with van der Waals surface area (Å²) >= 11 is 1.11. The predicted molar refractivity (Wildman–Crippen MR) is 106 cm³/mol. The van der Waals surface area contributed by atoms with Crippen molar-refractivity contribution in [2.45, 2.75) is 13.8 Å². The van der Waals surface area contributed by atoms with E-state index < -0.39 is 4.92 Å². The van der Waals surface area contributed by atoms with Crippen LogP contribution in [0.4, 0.5) is 5.00 Å². The maximum atomic E-state index is 10.9. The Labute approximate surface area is 159 Å². The van der Waals surface area contributed by atoms with Crippen molar-refractivity contribution >= 4 is 34.1 Å². The van der Waals surface area contributed by atoms with E-state index in [1.807, 2.05) is 56.3 Å². The Morgan fingerprint density at radius 2 is 1.89 bits per heavy atom. The van der Waals surface area contributed by atoms with Gasteiger partial charge in [-0.1, -0.05) is 41.7 Å². The number of hydrogen-bond donors (Lipinski definition) is 0. The van der Waals surface area contributed by atoms with Gasteiger partial charge in [-0.3, -0.25) is 10.1 Å². The third-order valence-electron chi connectivity index (χ3n) is 3.99. The normalized spacial score (nSPS) is 15.1. The van der Waals surface area contributed by atoms with Crippen LogP contribution in [0, 0.1) is 24.0 Å². The molecule has 3 heterocycles. The minimum absolute atomic E-state index is 0.0980. The molecule has 0 amide bonds. The fourth-order valence-electron chi connectivity index (χ4n) is 2.83. The number of nitrogens with zero attached hydrogens (tertiary/aromatic N) is 5. The Hall–Kier alpha value is -3.39. The summed E-state index contributed by atoms with van der Waals surface area (Å²) in [7, 11) is 0. The van der Waals surface area contributed by atoms with Gasteiger partial charge in [-0.25, -0.2) is 14.7 Å². The third kappa shape index (κ3) is 3.34. The van der Waals surface area contributed by atoms with E-state index in [0.717, 1.165) is 33.2 Å². The Balaban J connectivity index is 1.81. The van der Waals surface area contributed by atoms with Crippen LogP contribution in [0.1, 0.15) is 21.8 Å². The minimum atomic E-state index is -0.391. The molecule has 0 unspecified atom stereocenters. The summed E-state index contributed by atoms with van der Waals surface area (Å²) in [4.78, 5) is 20.6. The fourth-order valence-corrected chi connectivity index (χ4v) is 3.59. The molecule has 0 N–H and O–H groups in total. The van der Waals surface area contributed by atoms with E-state index in [1.165, 1.54) is 6.07 Å². The lowest BCUT2D eigenvalue weighted by Crippen LogP contribution is -2.11. The minimum Gasteiger partial charge on any atom is -0.258 e. The van der Waals surface area contributed by atoms with Crippen molar-refractivity contribution in [1.82, 2.24) is 9.78 Å². The van der Waals surface area contributed by atoms with Gasteiger partial charge in [0.1, 0.15) is 5.71 Å². The van der Waals surface area contributed by atoms with E-state index >= 15 is 0 Å². The topological polar surface area (TPSA) is 85.7 Å². The molecule has 0 radical (unpaired) electrons. The van der Waals surface area contributed by atoms with Crippen LogP contribution in [0.3, 0.4) is 0 Å². The van der Waals surface area contributed by atoms with Crippen LogP contribution in [0.15, 0.2) is 64.2 Å². The van der Waals surface area contributed by atoms with Crippen molar-refractivity contribution in [3.63, 3.8) is 0 Å². The Bertz CT molecular complexity index is 1120. The molecule has 0 fully saturated rings. The van der Waals surface area contributed by atoms with Crippen molar-refractivity contribution in [3.05, 3.63) is 86.2 Å². The summed E-state index contributed by atoms with van der Waals surface area (Å²) in [5.41, 5.74) is 4.12. The second kappa shape index (κ2) is 6.73. The first kappa shape index (κ1) is 17.0. The molecule has 4 rings (SSSR count). The van der Waals surface area contributed by atoms with Crippen molar-refractivity contribution in [1.29, 1.82) is 0 Å². The van der Waals surface area contributed by atoms with Crippen LogP contribution in [-0.2, 0) is 0 Å². The number of allylic oxidation sites excluding steroid dienone is 1. The van der Waals surface area contributed by atoms with Crippen LogP contribution in [0.5, 0.6) is 0 Å². The van der Waals surface area contributed by atoms with Gasteiger partial charge >= 0.3 is 5.00 Å². The quantitative estimate of drug-likeness (QED) is 0.506. The lowest BCUT2D eigenvalue weighted by atomic mass is 10.1.